The Kier molecular flexibility index (Phi) is 4.93. The summed E-state index contributed by atoms with van der Waals surface area (Å²) in [5.74, 6) is 0.906. The molecule has 0 aliphatic carbocycles. The third-order valence-corrected chi connectivity index (χ3v) is 4.90. The highest BCUT2D eigenvalue weighted by molar-refractivity contribution is 7.19. The minimum Gasteiger partial charge on any atom is -0.497 e. The van der Waals surface area contributed by atoms with Crippen LogP contribution in [0.25, 0.3) is 10.1 Å². The molecule has 3 nitrogen and oxygen atoms in total. The van der Waals surface area contributed by atoms with Gasteiger partial charge in [0.2, 0.25) is 5.91 Å². The number of hydrogen-bond acceptors (Lipinski definition) is 3. The average molecular weight is 325 g/mol. The summed E-state index contributed by atoms with van der Waals surface area (Å²) >= 11 is 1.76. The van der Waals surface area contributed by atoms with Crippen LogP contribution in [0.4, 0.5) is 0 Å². The first-order valence-electron chi connectivity index (χ1n) is 7.62. The van der Waals surface area contributed by atoms with E-state index in [1.54, 1.807) is 18.4 Å². The van der Waals surface area contributed by atoms with Crippen LogP contribution in [0.1, 0.15) is 16.9 Å². The molecule has 118 valence electrons. The van der Waals surface area contributed by atoms with Crippen molar-refractivity contribution in [3.8, 4) is 5.75 Å². The van der Waals surface area contributed by atoms with Crippen molar-refractivity contribution in [3.63, 3.8) is 0 Å². The van der Waals surface area contributed by atoms with E-state index in [1.807, 2.05) is 36.4 Å². The Labute approximate surface area is 139 Å². The number of methoxy groups -OCH3 is 1. The molecule has 0 saturated heterocycles. The molecule has 1 amide bonds. The van der Waals surface area contributed by atoms with Crippen molar-refractivity contribution in [2.45, 2.75) is 19.4 Å². The summed E-state index contributed by atoms with van der Waals surface area (Å²) in [7, 11) is 1.64. The Morgan fingerprint density at radius 3 is 2.65 bits per heavy atom. The number of hydrogen-bond donors (Lipinski definition) is 1. The first-order valence-corrected chi connectivity index (χ1v) is 8.43. The van der Waals surface area contributed by atoms with E-state index in [-0.39, 0.29) is 5.91 Å². The van der Waals surface area contributed by atoms with Gasteiger partial charge in [-0.2, -0.15) is 0 Å². The number of ether oxygens (including phenoxy) is 1. The summed E-state index contributed by atoms with van der Waals surface area (Å²) in [4.78, 5) is 13.3. The van der Waals surface area contributed by atoms with Gasteiger partial charge in [-0.15, -0.1) is 11.3 Å². The molecule has 3 rings (SSSR count). The molecule has 1 heterocycles. The van der Waals surface area contributed by atoms with Gasteiger partial charge in [0, 0.05) is 22.5 Å². The maximum atomic E-state index is 12.0. The van der Waals surface area contributed by atoms with Gasteiger partial charge in [0.05, 0.1) is 7.11 Å². The van der Waals surface area contributed by atoms with Crippen molar-refractivity contribution in [3.05, 3.63) is 65.0 Å². The number of nitrogens with one attached hydrogen (secondary N) is 1. The normalized spacial score (nSPS) is 10.7. The highest BCUT2D eigenvalue weighted by atomic mass is 32.1. The Morgan fingerprint density at radius 1 is 1.13 bits per heavy atom. The molecule has 23 heavy (non-hydrogen) atoms. The van der Waals surface area contributed by atoms with Crippen molar-refractivity contribution < 1.29 is 9.53 Å². The van der Waals surface area contributed by atoms with E-state index in [2.05, 4.69) is 23.5 Å². The van der Waals surface area contributed by atoms with E-state index >= 15 is 0 Å². The van der Waals surface area contributed by atoms with Crippen LogP contribution in [-0.2, 0) is 17.8 Å². The van der Waals surface area contributed by atoms with E-state index in [1.165, 1.54) is 15.0 Å². The SMILES string of the molecule is COc1ccc(CNC(=O)CCc2cc3ccccc3s2)cc1. The van der Waals surface area contributed by atoms with Gasteiger partial charge in [-0.25, -0.2) is 0 Å². The van der Waals surface area contributed by atoms with Crippen LogP contribution in [0, 0.1) is 0 Å². The van der Waals surface area contributed by atoms with Gasteiger partial charge in [0.15, 0.2) is 0 Å². The summed E-state index contributed by atoms with van der Waals surface area (Å²) in [5, 5.41) is 4.22. The summed E-state index contributed by atoms with van der Waals surface area (Å²) in [6, 6.07) is 18.2. The van der Waals surface area contributed by atoms with Crippen molar-refractivity contribution >= 4 is 27.3 Å². The number of aryl methyl sites for hydroxylation is 1. The molecule has 1 N–H and O–H groups in total. The number of rotatable bonds is 6. The maximum absolute atomic E-state index is 12.0. The number of benzene rings is 2. The molecular weight excluding hydrogens is 306 g/mol. The molecule has 0 aliphatic rings. The van der Waals surface area contributed by atoms with Crippen LogP contribution in [0.5, 0.6) is 5.75 Å². The number of amides is 1. The zero-order valence-corrected chi connectivity index (χ0v) is 13.9. The van der Waals surface area contributed by atoms with Crippen LogP contribution < -0.4 is 10.1 Å². The van der Waals surface area contributed by atoms with Gasteiger partial charge in [-0.1, -0.05) is 30.3 Å². The monoisotopic (exact) mass is 325 g/mol. The lowest BCUT2D eigenvalue weighted by Crippen LogP contribution is -2.22. The Hall–Kier alpha value is -2.33. The van der Waals surface area contributed by atoms with Gasteiger partial charge in [-0.05, 0) is 41.6 Å². The second-order valence-electron chi connectivity index (χ2n) is 5.38. The molecule has 0 aliphatic heterocycles. The van der Waals surface area contributed by atoms with Crippen molar-refractivity contribution in [2.75, 3.05) is 7.11 Å². The minimum atomic E-state index is 0.0817. The molecule has 3 aromatic rings. The lowest BCUT2D eigenvalue weighted by Gasteiger charge is -2.06. The first-order chi connectivity index (χ1) is 11.2. The fourth-order valence-electron chi connectivity index (χ4n) is 2.43. The quantitative estimate of drug-likeness (QED) is 0.739. The molecule has 0 unspecified atom stereocenters. The summed E-state index contributed by atoms with van der Waals surface area (Å²) in [6.07, 6.45) is 1.30. The smallest absolute Gasteiger partial charge is 0.220 e. The molecule has 0 saturated carbocycles. The maximum Gasteiger partial charge on any atom is 0.220 e. The van der Waals surface area contributed by atoms with Gasteiger partial charge >= 0.3 is 0 Å². The summed E-state index contributed by atoms with van der Waals surface area (Å²) in [5.41, 5.74) is 1.07. The fourth-order valence-corrected chi connectivity index (χ4v) is 3.49. The van der Waals surface area contributed by atoms with Crippen LogP contribution in [0.2, 0.25) is 0 Å². The molecule has 0 atom stereocenters. The van der Waals surface area contributed by atoms with Gasteiger partial charge in [0.25, 0.3) is 0 Å². The van der Waals surface area contributed by atoms with Crippen LogP contribution in [0.3, 0.4) is 0 Å². The predicted octanol–water partition coefficient (Wildman–Crippen LogP) is 4.16. The molecule has 0 bridgehead atoms. The lowest BCUT2D eigenvalue weighted by molar-refractivity contribution is -0.121. The zero-order valence-electron chi connectivity index (χ0n) is 13.0. The molecule has 0 fully saturated rings. The van der Waals surface area contributed by atoms with Crippen LogP contribution >= 0.6 is 11.3 Å². The Morgan fingerprint density at radius 2 is 1.91 bits per heavy atom. The van der Waals surface area contributed by atoms with Gasteiger partial charge in [0.1, 0.15) is 5.75 Å². The number of carbonyl (C=O) groups excluding carboxylic acids is 1. The predicted molar refractivity (Wildman–Crippen MR) is 95.0 cm³/mol. The average Bonchev–Trinajstić information content (AvgIpc) is 3.01. The third kappa shape index (κ3) is 4.11. The van der Waals surface area contributed by atoms with E-state index in [0.717, 1.165) is 17.7 Å². The molecule has 1 aromatic heterocycles. The lowest BCUT2D eigenvalue weighted by atomic mass is 10.2. The van der Waals surface area contributed by atoms with Gasteiger partial charge in [-0.3, -0.25) is 4.79 Å². The van der Waals surface area contributed by atoms with Crippen LogP contribution in [0.15, 0.2) is 54.6 Å². The molecule has 2 aromatic carbocycles. The minimum absolute atomic E-state index is 0.0817. The Bertz CT molecular complexity index is 759. The zero-order chi connectivity index (χ0) is 16.1. The van der Waals surface area contributed by atoms with Crippen molar-refractivity contribution in [2.24, 2.45) is 0 Å². The largest absolute Gasteiger partial charge is 0.497 e. The topological polar surface area (TPSA) is 38.3 Å². The number of fused-ring (bicyclic) bond motifs is 1. The van der Waals surface area contributed by atoms with Crippen molar-refractivity contribution in [1.29, 1.82) is 0 Å². The Balaban J connectivity index is 1.49. The molecule has 4 heteroatoms. The second-order valence-corrected chi connectivity index (χ2v) is 6.54. The van der Waals surface area contributed by atoms with Crippen LogP contribution in [-0.4, -0.2) is 13.0 Å². The highest BCUT2D eigenvalue weighted by Gasteiger charge is 2.05. The number of thiophene rings is 1. The fraction of sp³-hybridized carbons (Fsp3) is 0.211. The molecule has 0 spiro atoms. The van der Waals surface area contributed by atoms with E-state index < -0.39 is 0 Å². The highest BCUT2D eigenvalue weighted by Crippen LogP contribution is 2.26. The third-order valence-electron chi connectivity index (χ3n) is 3.72. The number of carbonyl (C=O) groups is 1. The van der Waals surface area contributed by atoms with Crippen molar-refractivity contribution in [1.82, 2.24) is 5.32 Å². The van der Waals surface area contributed by atoms with Gasteiger partial charge < -0.3 is 10.1 Å². The summed E-state index contributed by atoms with van der Waals surface area (Å²) < 4.78 is 6.40. The standard InChI is InChI=1S/C19H19NO2S/c1-22-16-8-6-14(7-9-16)13-20-19(21)11-10-17-12-15-4-2-3-5-18(15)23-17/h2-9,12H,10-11,13H2,1H3,(H,20,21). The second kappa shape index (κ2) is 7.29. The molecule has 0 radical (unpaired) electrons. The first kappa shape index (κ1) is 15.6. The summed E-state index contributed by atoms with van der Waals surface area (Å²) in [6.45, 7) is 0.551. The van der Waals surface area contributed by atoms with E-state index in [4.69, 9.17) is 4.74 Å². The van der Waals surface area contributed by atoms with E-state index in [0.29, 0.717) is 13.0 Å². The molecular formula is C19H19NO2S. The van der Waals surface area contributed by atoms with E-state index in [9.17, 15) is 4.79 Å².